The van der Waals surface area contributed by atoms with Crippen molar-refractivity contribution >= 4 is 50.9 Å². The third-order valence-corrected chi connectivity index (χ3v) is 6.68. The molecule has 1 N–H and O–H groups in total. The second kappa shape index (κ2) is 11.7. The SMILES string of the molecule is CC(=O)N1N=C(c2cccc(NC(=O)c3cccc(Cl)c3)c2)O[C@H]1c1ccccc1OCc1ccc(Br)cc1. The number of nitrogens with zero attached hydrogens (tertiary/aromatic N) is 2. The number of anilines is 1. The van der Waals surface area contributed by atoms with Crippen molar-refractivity contribution in [1.29, 1.82) is 0 Å². The van der Waals surface area contributed by atoms with E-state index >= 15 is 0 Å². The molecule has 1 aliphatic rings. The number of halogens is 2. The Bertz CT molecular complexity index is 1560. The summed E-state index contributed by atoms with van der Waals surface area (Å²) in [5.74, 6) is 0.236. The molecule has 5 rings (SSSR count). The van der Waals surface area contributed by atoms with Gasteiger partial charge < -0.3 is 14.8 Å². The van der Waals surface area contributed by atoms with Crippen molar-refractivity contribution in [3.63, 3.8) is 0 Å². The lowest BCUT2D eigenvalue weighted by molar-refractivity contribution is -0.135. The fraction of sp³-hybridized carbons (Fsp3) is 0.100. The molecule has 39 heavy (non-hydrogen) atoms. The average molecular weight is 605 g/mol. The summed E-state index contributed by atoms with van der Waals surface area (Å²) >= 11 is 9.46. The highest BCUT2D eigenvalue weighted by molar-refractivity contribution is 9.10. The molecular formula is C30H23BrClN3O4. The molecule has 1 heterocycles. The highest BCUT2D eigenvalue weighted by Crippen LogP contribution is 2.36. The van der Waals surface area contributed by atoms with Crippen LogP contribution >= 0.6 is 27.5 Å². The number of rotatable bonds is 7. The zero-order valence-electron chi connectivity index (χ0n) is 20.8. The number of ether oxygens (including phenoxy) is 2. The molecule has 0 spiro atoms. The predicted molar refractivity (Wildman–Crippen MR) is 154 cm³/mol. The van der Waals surface area contributed by atoms with Crippen molar-refractivity contribution in [2.45, 2.75) is 19.8 Å². The number of carbonyl (C=O) groups is 2. The Balaban J connectivity index is 1.36. The molecule has 0 bridgehead atoms. The minimum absolute atomic E-state index is 0.247. The number of carbonyl (C=O) groups excluding carboxylic acids is 2. The maximum atomic E-state index is 12.7. The van der Waals surface area contributed by atoms with Crippen molar-refractivity contribution in [3.8, 4) is 5.75 Å². The van der Waals surface area contributed by atoms with Gasteiger partial charge in [-0.1, -0.05) is 63.9 Å². The molecule has 2 amide bonds. The smallest absolute Gasteiger partial charge is 0.255 e. The number of hydrogen-bond donors (Lipinski definition) is 1. The van der Waals surface area contributed by atoms with Gasteiger partial charge in [-0.05, 0) is 66.2 Å². The van der Waals surface area contributed by atoms with E-state index in [1.165, 1.54) is 11.9 Å². The van der Waals surface area contributed by atoms with Gasteiger partial charge in [0.05, 0.1) is 5.56 Å². The summed E-state index contributed by atoms with van der Waals surface area (Å²) in [6.45, 7) is 1.77. The van der Waals surface area contributed by atoms with Crippen LogP contribution < -0.4 is 10.1 Å². The maximum Gasteiger partial charge on any atom is 0.255 e. The molecule has 4 aromatic carbocycles. The second-order valence-corrected chi connectivity index (χ2v) is 10.1. The Labute approximate surface area is 239 Å². The summed E-state index contributed by atoms with van der Waals surface area (Å²) in [5, 5.41) is 9.08. The summed E-state index contributed by atoms with van der Waals surface area (Å²) in [5.41, 5.74) is 3.23. The summed E-state index contributed by atoms with van der Waals surface area (Å²) < 4.78 is 13.3. The third kappa shape index (κ3) is 6.30. The first-order chi connectivity index (χ1) is 18.9. The van der Waals surface area contributed by atoms with Crippen LogP contribution in [0.4, 0.5) is 5.69 Å². The van der Waals surface area contributed by atoms with E-state index in [4.69, 9.17) is 21.1 Å². The van der Waals surface area contributed by atoms with E-state index < -0.39 is 6.23 Å². The fourth-order valence-electron chi connectivity index (χ4n) is 4.01. The largest absolute Gasteiger partial charge is 0.488 e. The number of amides is 2. The van der Waals surface area contributed by atoms with Gasteiger partial charge in [0.2, 0.25) is 18.0 Å². The third-order valence-electron chi connectivity index (χ3n) is 5.91. The first kappa shape index (κ1) is 26.5. The van der Waals surface area contributed by atoms with E-state index in [0.717, 1.165) is 10.0 Å². The molecule has 0 aliphatic carbocycles. The van der Waals surface area contributed by atoms with Crippen LogP contribution in [-0.2, 0) is 16.1 Å². The van der Waals surface area contributed by atoms with Gasteiger partial charge in [-0.15, -0.1) is 5.10 Å². The molecular weight excluding hydrogens is 582 g/mol. The van der Waals surface area contributed by atoms with E-state index in [1.54, 1.807) is 48.5 Å². The number of hydrogen-bond acceptors (Lipinski definition) is 5. The molecule has 1 aliphatic heterocycles. The Morgan fingerprint density at radius 1 is 1.00 bits per heavy atom. The van der Waals surface area contributed by atoms with Crippen LogP contribution in [0, 0.1) is 0 Å². The minimum Gasteiger partial charge on any atom is -0.488 e. The normalized spacial score (nSPS) is 14.4. The summed E-state index contributed by atoms with van der Waals surface area (Å²) in [6, 6.07) is 29.0. The monoisotopic (exact) mass is 603 g/mol. The maximum absolute atomic E-state index is 12.7. The van der Waals surface area contributed by atoms with Crippen molar-refractivity contribution in [3.05, 3.63) is 129 Å². The second-order valence-electron chi connectivity index (χ2n) is 8.74. The van der Waals surface area contributed by atoms with Crippen LogP contribution in [-0.4, -0.2) is 22.7 Å². The van der Waals surface area contributed by atoms with Gasteiger partial charge in [0, 0.05) is 33.2 Å². The van der Waals surface area contributed by atoms with Gasteiger partial charge >= 0.3 is 0 Å². The Morgan fingerprint density at radius 3 is 2.54 bits per heavy atom. The Morgan fingerprint density at radius 2 is 1.77 bits per heavy atom. The van der Waals surface area contributed by atoms with Crippen molar-refractivity contribution < 1.29 is 19.1 Å². The van der Waals surface area contributed by atoms with E-state index in [9.17, 15) is 9.59 Å². The van der Waals surface area contributed by atoms with Crippen LogP contribution in [0.1, 0.15) is 40.2 Å². The van der Waals surface area contributed by atoms with Crippen molar-refractivity contribution in [1.82, 2.24) is 5.01 Å². The van der Waals surface area contributed by atoms with Gasteiger partial charge in [-0.25, -0.2) is 0 Å². The highest BCUT2D eigenvalue weighted by Gasteiger charge is 2.35. The molecule has 4 aromatic rings. The number of hydrazone groups is 1. The summed E-state index contributed by atoms with van der Waals surface area (Å²) in [7, 11) is 0. The average Bonchev–Trinajstić information content (AvgIpc) is 3.39. The van der Waals surface area contributed by atoms with E-state index in [1.807, 2.05) is 48.5 Å². The van der Waals surface area contributed by atoms with Crippen LogP contribution in [0.15, 0.2) is 107 Å². The lowest BCUT2D eigenvalue weighted by Gasteiger charge is -2.22. The molecule has 0 radical (unpaired) electrons. The van der Waals surface area contributed by atoms with Crippen molar-refractivity contribution in [2.75, 3.05) is 5.32 Å². The van der Waals surface area contributed by atoms with Gasteiger partial charge in [0.1, 0.15) is 12.4 Å². The fourth-order valence-corrected chi connectivity index (χ4v) is 4.46. The molecule has 0 saturated heterocycles. The molecule has 9 heteroatoms. The van der Waals surface area contributed by atoms with Gasteiger partial charge in [0.15, 0.2) is 0 Å². The van der Waals surface area contributed by atoms with E-state index in [2.05, 4.69) is 26.3 Å². The Hall–Kier alpha value is -4.14. The van der Waals surface area contributed by atoms with Gasteiger partial charge in [-0.3, -0.25) is 9.59 Å². The molecule has 0 aromatic heterocycles. The van der Waals surface area contributed by atoms with Gasteiger partial charge in [0.25, 0.3) is 5.91 Å². The van der Waals surface area contributed by atoms with Gasteiger partial charge in [-0.2, -0.15) is 5.01 Å². The highest BCUT2D eigenvalue weighted by atomic mass is 79.9. The topological polar surface area (TPSA) is 80.2 Å². The number of benzene rings is 4. The summed E-state index contributed by atoms with van der Waals surface area (Å²) in [4.78, 5) is 25.2. The molecule has 196 valence electrons. The zero-order valence-corrected chi connectivity index (χ0v) is 23.1. The lowest BCUT2D eigenvalue weighted by Crippen LogP contribution is -2.25. The molecule has 7 nitrogen and oxygen atoms in total. The zero-order chi connectivity index (χ0) is 27.4. The molecule has 0 fully saturated rings. The van der Waals surface area contributed by atoms with E-state index in [0.29, 0.717) is 39.8 Å². The van der Waals surface area contributed by atoms with Crippen LogP contribution in [0.5, 0.6) is 5.75 Å². The van der Waals surface area contributed by atoms with Crippen LogP contribution in [0.2, 0.25) is 5.02 Å². The van der Waals surface area contributed by atoms with Crippen LogP contribution in [0.25, 0.3) is 0 Å². The minimum atomic E-state index is -0.816. The van der Waals surface area contributed by atoms with E-state index in [-0.39, 0.29) is 17.7 Å². The number of para-hydroxylation sites is 1. The van der Waals surface area contributed by atoms with Crippen LogP contribution in [0.3, 0.4) is 0 Å². The predicted octanol–water partition coefficient (Wildman–Crippen LogP) is 7.17. The molecule has 0 unspecified atom stereocenters. The quantitative estimate of drug-likeness (QED) is 0.243. The summed E-state index contributed by atoms with van der Waals surface area (Å²) in [6.07, 6.45) is -0.816. The molecule has 1 atom stereocenters. The number of nitrogens with one attached hydrogen (secondary N) is 1. The Kier molecular flexibility index (Phi) is 7.95. The first-order valence-corrected chi connectivity index (χ1v) is 13.2. The standard InChI is InChI=1S/C30H23BrClN3O4/c1-19(36)35-30(26-10-2-3-11-27(26)38-18-20-12-14-23(31)15-13-20)39-29(34-35)22-7-5-9-25(17-22)33-28(37)21-6-4-8-24(32)16-21/h2-17,30H,18H2,1H3,(H,33,37)/t30-/m0/s1. The molecule has 0 saturated carbocycles. The first-order valence-electron chi connectivity index (χ1n) is 12.1. The van der Waals surface area contributed by atoms with Crippen molar-refractivity contribution in [2.24, 2.45) is 5.10 Å². The lowest BCUT2D eigenvalue weighted by atomic mass is 10.1.